The summed E-state index contributed by atoms with van der Waals surface area (Å²) in [5.41, 5.74) is 3.31. The molecule has 4 aromatic rings. The average molecular weight is 478 g/mol. The molecule has 150 valence electrons. The van der Waals surface area contributed by atoms with Gasteiger partial charge in [0.25, 0.3) is 0 Å². The number of hydrogen-bond acceptors (Lipinski definition) is 5. The van der Waals surface area contributed by atoms with E-state index in [2.05, 4.69) is 57.2 Å². The van der Waals surface area contributed by atoms with E-state index in [1.807, 2.05) is 48.2 Å². The zero-order valence-electron chi connectivity index (χ0n) is 16.3. The Balaban J connectivity index is 1.52. The third kappa shape index (κ3) is 4.16. The second-order valence-electron chi connectivity index (χ2n) is 7.14. The molecule has 0 bridgehead atoms. The second-order valence-corrected chi connectivity index (χ2v) is 9.19. The fourth-order valence-electron chi connectivity index (χ4n) is 3.53. The van der Waals surface area contributed by atoms with Gasteiger partial charge in [-0.05, 0) is 35.4 Å². The molecule has 0 amide bonds. The van der Waals surface area contributed by atoms with Crippen LogP contribution in [0.5, 0.6) is 5.88 Å². The van der Waals surface area contributed by atoms with Crippen LogP contribution in [0.3, 0.4) is 0 Å². The molecule has 0 N–H and O–H groups in total. The molecule has 0 spiro atoms. The van der Waals surface area contributed by atoms with Crippen molar-refractivity contribution >= 4 is 44.5 Å². The highest BCUT2D eigenvalue weighted by molar-refractivity contribution is 9.10. The van der Waals surface area contributed by atoms with E-state index >= 15 is 0 Å². The van der Waals surface area contributed by atoms with Crippen molar-refractivity contribution in [1.82, 2.24) is 9.97 Å². The van der Waals surface area contributed by atoms with Crippen LogP contribution in [0.25, 0.3) is 10.9 Å². The van der Waals surface area contributed by atoms with Crippen LogP contribution in [0.1, 0.15) is 11.1 Å². The minimum Gasteiger partial charge on any atom is -0.472 e. The summed E-state index contributed by atoms with van der Waals surface area (Å²) in [4.78, 5) is 13.3. The van der Waals surface area contributed by atoms with Crippen LogP contribution in [0, 0.1) is 0 Å². The molecule has 1 aromatic heterocycles. The van der Waals surface area contributed by atoms with Crippen molar-refractivity contribution in [3.05, 3.63) is 88.4 Å². The summed E-state index contributed by atoms with van der Waals surface area (Å²) < 4.78 is 7.17. The van der Waals surface area contributed by atoms with Gasteiger partial charge in [-0.25, -0.2) is 4.98 Å². The van der Waals surface area contributed by atoms with E-state index in [-0.39, 0.29) is 0 Å². The molecule has 0 radical (unpaired) electrons. The summed E-state index contributed by atoms with van der Waals surface area (Å²) in [5.74, 6) is 2.33. The normalized spacial score (nSPS) is 13.7. The molecule has 0 saturated carbocycles. The third-order valence-electron chi connectivity index (χ3n) is 5.06. The van der Waals surface area contributed by atoms with Crippen LogP contribution in [0.4, 0.5) is 5.95 Å². The Morgan fingerprint density at radius 1 is 0.967 bits per heavy atom. The summed E-state index contributed by atoms with van der Waals surface area (Å²) in [5, 5.41) is 0.911. The fourth-order valence-corrected chi connectivity index (χ4v) is 4.92. The van der Waals surface area contributed by atoms with Gasteiger partial charge in [0, 0.05) is 28.2 Å². The van der Waals surface area contributed by atoms with E-state index in [0.717, 1.165) is 39.8 Å². The van der Waals surface area contributed by atoms with Gasteiger partial charge in [0.15, 0.2) is 0 Å². The Morgan fingerprint density at radius 3 is 2.70 bits per heavy atom. The maximum Gasteiger partial charge on any atom is 0.229 e. The molecule has 0 atom stereocenters. The Bertz CT molecular complexity index is 1190. The quantitative estimate of drug-likeness (QED) is 0.355. The monoisotopic (exact) mass is 477 g/mol. The van der Waals surface area contributed by atoms with Crippen LogP contribution < -0.4 is 9.64 Å². The van der Waals surface area contributed by atoms with Crippen molar-refractivity contribution < 1.29 is 4.74 Å². The molecule has 0 aliphatic carbocycles. The first-order valence-corrected chi connectivity index (χ1v) is 11.6. The lowest BCUT2D eigenvalue weighted by atomic mass is 10.2. The van der Waals surface area contributed by atoms with E-state index in [0.29, 0.717) is 18.4 Å². The number of benzene rings is 3. The van der Waals surface area contributed by atoms with Crippen molar-refractivity contribution in [3.8, 4) is 5.88 Å². The number of ether oxygens (including phenoxy) is 1. The van der Waals surface area contributed by atoms with Gasteiger partial charge in [-0.15, -0.1) is 11.8 Å². The van der Waals surface area contributed by atoms with Gasteiger partial charge < -0.3 is 9.64 Å². The molecular weight excluding hydrogens is 458 g/mol. The van der Waals surface area contributed by atoms with Crippen molar-refractivity contribution in [2.45, 2.75) is 18.0 Å². The van der Waals surface area contributed by atoms with Crippen molar-refractivity contribution in [3.63, 3.8) is 0 Å². The van der Waals surface area contributed by atoms with Gasteiger partial charge in [0.2, 0.25) is 11.8 Å². The average Bonchev–Trinajstić information content (AvgIpc) is 3.01. The molecule has 3 aromatic carbocycles. The summed E-state index contributed by atoms with van der Waals surface area (Å²) in [7, 11) is 0. The Morgan fingerprint density at radius 2 is 1.80 bits per heavy atom. The lowest BCUT2D eigenvalue weighted by Gasteiger charge is -2.22. The number of aromatic nitrogens is 2. The molecule has 2 heterocycles. The molecule has 0 unspecified atom stereocenters. The summed E-state index contributed by atoms with van der Waals surface area (Å²) in [6.45, 7) is 2.15. The Kier molecular flexibility index (Phi) is 5.60. The zero-order valence-corrected chi connectivity index (χ0v) is 18.7. The molecule has 1 aliphatic rings. The second kappa shape index (κ2) is 8.66. The van der Waals surface area contributed by atoms with Gasteiger partial charge in [-0.1, -0.05) is 64.5 Å². The van der Waals surface area contributed by atoms with Crippen LogP contribution in [0.15, 0.2) is 82.2 Å². The van der Waals surface area contributed by atoms with Gasteiger partial charge in [-0.3, -0.25) is 0 Å². The molecule has 30 heavy (non-hydrogen) atoms. The number of hydrogen-bond donors (Lipinski definition) is 0. The SMILES string of the molecule is Brc1ccc2nc(N3CCSc4ccccc4C3)nc(OCc3ccccc3)c2c1. The minimum absolute atomic E-state index is 0.470. The summed E-state index contributed by atoms with van der Waals surface area (Å²) in [6, 6.07) is 24.8. The number of rotatable bonds is 4. The first-order valence-electron chi connectivity index (χ1n) is 9.86. The zero-order chi connectivity index (χ0) is 20.3. The lowest BCUT2D eigenvalue weighted by Crippen LogP contribution is -2.26. The van der Waals surface area contributed by atoms with Crippen molar-refractivity contribution in [1.29, 1.82) is 0 Å². The fraction of sp³-hybridized carbons (Fsp3) is 0.167. The standard InChI is InChI=1S/C24H20BrN3OS/c25-19-10-11-21-20(14-19)23(29-16-17-6-2-1-3-7-17)27-24(26-21)28-12-13-30-22-9-5-4-8-18(22)15-28/h1-11,14H,12-13,15-16H2. The van der Waals surface area contributed by atoms with E-state index in [1.54, 1.807) is 0 Å². The Labute approximate surface area is 188 Å². The molecule has 6 heteroatoms. The van der Waals surface area contributed by atoms with Crippen LogP contribution >= 0.6 is 27.7 Å². The van der Waals surface area contributed by atoms with Gasteiger partial charge in [-0.2, -0.15) is 4.98 Å². The largest absolute Gasteiger partial charge is 0.472 e. The summed E-state index contributed by atoms with van der Waals surface area (Å²) >= 11 is 5.45. The van der Waals surface area contributed by atoms with Crippen LogP contribution in [-0.4, -0.2) is 22.3 Å². The van der Waals surface area contributed by atoms with E-state index in [1.165, 1.54) is 10.5 Å². The minimum atomic E-state index is 0.470. The number of halogens is 1. The van der Waals surface area contributed by atoms with E-state index in [9.17, 15) is 0 Å². The third-order valence-corrected chi connectivity index (χ3v) is 6.65. The maximum absolute atomic E-state index is 6.19. The number of anilines is 1. The number of fused-ring (bicyclic) bond motifs is 2. The maximum atomic E-state index is 6.19. The van der Waals surface area contributed by atoms with Crippen molar-refractivity contribution in [2.75, 3.05) is 17.2 Å². The molecule has 0 saturated heterocycles. The van der Waals surface area contributed by atoms with Crippen molar-refractivity contribution in [2.24, 2.45) is 0 Å². The van der Waals surface area contributed by atoms with E-state index in [4.69, 9.17) is 14.7 Å². The molecule has 5 rings (SSSR count). The van der Waals surface area contributed by atoms with Gasteiger partial charge >= 0.3 is 0 Å². The smallest absolute Gasteiger partial charge is 0.229 e. The molecule has 0 fully saturated rings. The highest BCUT2D eigenvalue weighted by Crippen LogP contribution is 2.32. The first-order chi connectivity index (χ1) is 14.8. The van der Waals surface area contributed by atoms with Crippen LogP contribution in [0.2, 0.25) is 0 Å². The lowest BCUT2D eigenvalue weighted by molar-refractivity contribution is 0.297. The Hall–Kier alpha value is -2.57. The predicted molar refractivity (Wildman–Crippen MR) is 126 cm³/mol. The summed E-state index contributed by atoms with van der Waals surface area (Å²) in [6.07, 6.45) is 0. The first kappa shape index (κ1) is 19.4. The molecular formula is C24H20BrN3OS. The highest BCUT2D eigenvalue weighted by Gasteiger charge is 2.19. The topological polar surface area (TPSA) is 38.2 Å². The van der Waals surface area contributed by atoms with Crippen LogP contribution in [-0.2, 0) is 13.2 Å². The molecule has 4 nitrogen and oxygen atoms in total. The number of thioether (sulfide) groups is 1. The van der Waals surface area contributed by atoms with E-state index < -0.39 is 0 Å². The highest BCUT2D eigenvalue weighted by atomic mass is 79.9. The van der Waals surface area contributed by atoms with Gasteiger partial charge in [0.05, 0.1) is 10.9 Å². The molecule has 1 aliphatic heterocycles. The number of nitrogens with zero attached hydrogens (tertiary/aromatic N) is 3. The van der Waals surface area contributed by atoms with Gasteiger partial charge in [0.1, 0.15) is 6.61 Å². The predicted octanol–water partition coefficient (Wildman–Crippen LogP) is 6.08.